The van der Waals surface area contributed by atoms with Crippen LogP contribution in [0.2, 0.25) is 0 Å². The molecule has 0 saturated carbocycles. The Kier molecular flexibility index (Phi) is 4.16. The predicted octanol–water partition coefficient (Wildman–Crippen LogP) is 0.466. The van der Waals surface area contributed by atoms with Gasteiger partial charge in [0.1, 0.15) is 11.6 Å². The molecular weight excluding hydrogens is 182 g/mol. The van der Waals surface area contributed by atoms with Crippen LogP contribution in [0.15, 0.2) is 0 Å². The number of rotatable bonds is 2. The van der Waals surface area contributed by atoms with Gasteiger partial charge in [-0.2, -0.15) is 0 Å². The van der Waals surface area contributed by atoms with Crippen LogP contribution in [0.25, 0.3) is 0 Å². The zero-order chi connectivity index (χ0) is 11.4. The van der Waals surface area contributed by atoms with Crippen LogP contribution in [-0.4, -0.2) is 23.5 Å². The first-order chi connectivity index (χ1) is 6.26. The maximum absolute atomic E-state index is 11.3. The van der Waals surface area contributed by atoms with Crippen molar-refractivity contribution in [2.24, 2.45) is 0 Å². The average Bonchev–Trinajstić information content (AvgIpc) is 2.00. The molecule has 0 heterocycles. The minimum absolute atomic E-state index is 0.499. The van der Waals surface area contributed by atoms with Gasteiger partial charge in [-0.25, -0.2) is 4.79 Å². The minimum atomic E-state index is -0.724. The molecule has 1 N–H and O–H groups in total. The number of carbonyl (C=O) groups is 2. The van der Waals surface area contributed by atoms with Crippen molar-refractivity contribution in [3.05, 3.63) is 0 Å². The van der Waals surface area contributed by atoms with Crippen molar-refractivity contribution in [3.63, 3.8) is 0 Å². The fourth-order valence-corrected chi connectivity index (χ4v) is 0.687. The molecule has 0 aliphatic heterocycles. The van der Waals surface area contributed by atoms with Gasteiger partial charge in [-0.1, -0.05) is 0 Å². The number of esters is 1. The van der Waals surface area contributed by atoms with E-state index < -0.39 is 23.5 Å². The molecule has 1 atom stereocenters. The van der Waals surface area contributed by atoms with E-state index in [1.165, 1.54) is 6.92 Å². The molecule has 4 heteroatoms. The van der Waals surface area contributed by atoms with Crippen molar-refractivity contribution in [1.29, 1.82) is 0 Å². The Morgan fingerprint density at radius 1 is 1.43 bits per heavy atom. The van der Waals surface area contributed by atoms with Gasteiger partial charge in [0.15, 0.2) is 0 Å². The number of hydrogen-bond acceptors (Lipinski definition) is 3. The van der Waals surface area contributed by atoms with Gasteiger partial charge < -0.3 is 10.1 Å². The van der Waals surface area contributed by atoms with Gasteiger partial charge in [0, 0.05) is 0 Å². The molecular formula is C10H15NO3. The van der Waals surface area contributed by atoms with Crippen LogP contribution >= 0.6 is 0 Å². The molecule has 0 saturated heterocycles. The van der Waals surface area contributed by atoms with E-state index in [0.29, 0.717) is 0 Å². The lowest BCUT2D eigenvalue weighted by Crippen LogP contribution is -2.41. The maximum Gasteiger partial charge on any atom is 0.328 e. The first-order valence-electron chi connectivity index (χ1n) is 4.26. The van der Waals surface area contributed by atoms with Crippen LogP contribution in [0.4, 0.5) is 0 Å². The van der Waals surface area contributed by atoms with Crippen molar-refractivity contribution < 1.29 is 14.3 Å². The molecule has 0 aliphatic rings. The van der Waals surface area contributed by atoms with Gasteiger partial charge in [0.05, 0.1) is 0 Å². The highest BCUT2D eigenvalue weighted by atomic mass is 16.6. The monoisotopic (exact) mass is 197 g/mol. The summed E-state index contributed by atoms with van der Waals surface area (Å²) in [7, 11) is 0. The lowest BCUT2D eigenvalue weighted by atomic mass is 10.2. The van der Waals surface area contributed by atoms with E-state index in [1.807, 2.05) is 5.92 Å². The molecule has 0 unspecified atom stereocenters. The summed E-state index contributed by atoms with van der Waals surface area (Å²) in [6.45, 7) is 6.77. The van der Waals surface area contributed by atoms with Gasteiger partial charge in [-0.05, 0) is 33.6 Å². The molecule has 0 spiro atoms. The normalized spacial score (nSPS) is 12.5. The van der Waals surface area contributed by atoms with Gasteiger partial charge in [0.2, 0.25) is 0 Å². The van der Waals surface area contributed by atoms with Crippen LogP contribution < -0.4 is 5.32 Å². The van der Waals surface area contributed by atoms with Crippen LogP contribution in [0.5, 0.6) is 0 Å². The van der Waals surface area contributed by atoms with E-state index in [0.717, 1.165) is 0 Å². The van der Waals surface area contributed by atoms with Crippen LogP contribution in [0, 0.1) is 12.3 Å². The summed E-state index contributed by atoms with van der Waals surface area (Å²) in [6.07, 6.45) is 4.83. The quantitative estimate of drug-likeness (QED) is 0.517. The highest BCUT2D eigenvalue weighted by Crippen LogP contribution is 2.08. The Labute approximate surface area is 84.0 Å². The van der Waals surface area contributed by atoms with Crippen molar-refractivity contribution in [1.82, 2.24) is 5.32 Å². The first-order valence-corrected chi connectivity index (χ1v) is 4.26. The summed E-state index contributed by atoms with van der Waals surface area (Å²) >= 11 is 0. The number of terminal acetylenes is 1. The maximum atomic E-state index is 11.3. The summed E-state index contributed by atoms with van der Waals surface area (Å²) in [5.74, 6) is 0.735. The second-order valence-electron chi connectivity index (χ2n) is 3.87. The fraction of sp³-hybridized carbons (Fsp3) is 0.600. The Bertz CT molecular complexity index is 270. The third kappa shape index (κ3) is 5.20. The van der Waals surface area contributed by atoms with Gasteiger partial charge in [-0.3, -0.25) is 4.79 Å². The molecule has 0 aromatic rings. The lowest BCUT2D eigenvalue weighted by molar-refractivity contribution is -0.157. The van der Waals surface area contributed by atoms with E-state index in [4.69, 9.17) is 11.2 Å². The molecule has 78 valence electrons. The number of nitrogens with one attached hydrogen (secondary N) is 1. The summed E-state index contributed by atoms with van der Waals surface area (Å²) in [5.41, 5.74) is -0.563. The molecule has 0 aromatic carbocycles. The number of amides is 1. The van der Waals surface area contributed by atoms with Gasteiger partial charge in [0.25, 0.3) is 5.91 Å². The van der Waals surface area contributed by atoms with E-state index in [9.17, 15) is 9.59 Å². The SMILES string of the molecule is C#CC(=O)N[C@H](C)C(=O)OC(C)(C)C. The number of ether oxygens (including phenoxy) is 1. The summed E-state index contributed by atoms with van der Waals surface area (Å²) < 4.78 is 5.02. The number of carbonyl (C=O) groups excluding carboxylic acids is 2. The number of hydrogen-bond donors (Lipinski definition) is 1. The zero-order valence-corrected chi connectivity index (χ0v) is 8.88. The van der Waals surface area contributed by atoms with Gasteiger partial charge in [-0.15, -0.1) is 6.42 Å². The average molecular weight is 197 g/mol. The smallest absolute Gasteiger partial charge is 0.328 e. The molecule has 0 fully saturated rings. The molecule has 14 heavy (non-hydrogen) atoms. The molecule has 0 bridgehead atoms. The zero-order valence-electron chi connectivity index (χ0n) is 8.88. The Morgan fingerprint density at radius 3 is 2.29 bits per heavy atom. The Balaban J connectivity index is 4.15. The Hall–Kier alpha value is -1.50. The topological polar surface area (TPSA) is 55.4 Å². The largest absolute Gasteiger partial charge is 0.458 e. The summed E-state index contributed by atoms with van der Waals surface area (Å²) in [4.78, 5) is 22.0. The van der Waals surface area contributed by atoms with Crippen molar-refractivity contribution >= 4 is 11.9 Å². The van der Waals surface area contributed by atoms with E-state index >= 15 is 0 Å². The van der Waals surface area contributed by atoms with Crippen LogP contribution in [0.1, 0.15) is 27.7 Å². The highest BCUT2D eigenvalue weighted by Gasteiger charge is 2.22. The van der Waals surface area contributed by atoms with Crippen molar-refractivity contribution in [3.8, 4) is 12.3 Å². The fourth-order valence-electron chi connectivity index (χ4n) is 0.687. The Morgan fingerprint density at radius 2 is 1.93 bits per heavy atom. The van der Waals surface area contributed by atoms with Crippen molar-refractivity contribution in [2.45, 2.75) is 39.3 Å². The predicted molar refractivity (Wildman–Crippen MR) is 52.3 cm³/mol. The van der Waals surface area contributed by atoms with Crippen LogP contribution in [-0.2, 0) is 14.3 Å². The van der Waals surface area contributed by atoms with Gasteiger partial charge >= 0.3 is 5.97 Å². The highest BCUT2D eigenvalue weighted by molar-refractivity contribution is 5.95. The van der Waals surface area contributed by atoms with E-state index in [2.05, 4.69) is 5.32 Å². The minimum Gasteiger partial charge on any atom is -0.458 e. The van der Waals surface area contributed by atoms with Crippen LogP contribution in [0.3, 0.4) is 0 Å². The first kappa shape index (κ1) is 12.5. The molecule has 0 radical (unpaired) electrons. The molecule has 0 rings (SSSR count). The van der Waals surface area contributed by atoms with E-state index in [1.54, 1.807) is 20.8 Å². The summed E-state index contributed by atoms with van der Waals surface area (Å²) in [5, 5.41) is 2.30. The third-order valence-corrected chi connectivity index (χ3v) is 1.24. The molecule has 1 amide bonds. The second-order valence-corrected chi connectivity index (χ2v) is 3.87. The standard InChI is InChI=1S/C10H15NO3/c1-6-8(12)11-7(2)9(13)14-10(3,4)5/h1,7H,2-5H3,(H,11,12)/t7-/m1/s1. The third-order valence-electron chi connectivity index (χ3n) is 1.24. The lowest BCUT2D eigenvalue weighted by Gasteiger charge is -2.22. The molecule has 4 nitrogen and oxygen atoms in total. The molecule has 0 aromatic heterocycles. The molecule has 0 aliphatic carbocycles. The van der Waals surface area contributed by atoms with E-state index in [-0.39, 0.29) is 0 Å². The summed E-state index contributed by atoms with van der Waals surface area (Å²) in [6, 6.07) is -0.724. The van der Waals surface area contributed by atoms with Crippen molar-refractivity contribution in [2.75, 3.05) is 0 Å². The second kappa shape index (κ2) is 4.66.